The lowest BCUT2D eigenvalue weighted by molar-refractivity contribution is -0.142. The Morgan fingerprint density at radius 3 is 2.82 bits per heavy atom. The van der Waals surface area contributed by atoms with Gasteiger partial charge in [-0.15, -0.1) is 0 Å². The van der Waals surface area contributed by atoms with Crippen LogP contribution in [0.2, 0.25) is 0 Å². The van der Waals surface area contributed by atoms with Crippen molar-refractivity contribution < 1.29 is 14.3 Å². The topological polar surface area (TPSA) is 58.6 Å². The number of likely N-dealkylation sites (N-methyl/N-ethyl adjacent to an activating group) is 1. The molecule has 5 nitrogen and oxygen atoms in total. The molecule has 1 heterocycles. The van der Waals surface area contributed by atoms with Crippen LogP contribution in [0, 0.1) is 0 Å². The fraction of sp³-hybridized carbons (Fsp3) is 0.667. The number of hydrogen-bond acceptors (Lipinski definition) is 3. The van der Waals surface area contributed by atoms with Crippen molar-refractivity contribution in [2.45, 2.75) is 6.04 Å². The number of carbonyl (C=O) groups is 2. The third kappa shape index (κ3) is 1.42. The predicted octanol–water partition coefficient (Wildman–Crippen LogP) is -0.817. The number of nitrogens with one attached hydrogen (secondary N) is 1. The number of amides is 2. The Balaban J connectivity index is 2.53. The predicted molar refractivity (Wildman–Crippen MR) is 37.0 cm³/mol. The van der Waals surface area contributed by atoms with Crippen LogP contribution in [0.1, 0.15) is 0 Å². The van der Waals surface area contributed by atoms with Gasteiger partial charge in [0.25, 0.3) is 0 Å². The van der Waals surface area contributed by atoms with Gasteiger partial charge < -0.3 is 15.0 Å². The lowest BCUT2D eigenvalue weighted by Crippen LogP contribution is -2.35. The van der Waals surface area contributed by atoms with E-state index in [1.165, 1.54) is 12.0 Å². The molecule has 0 aromatic carbocycles. The van der Waals surface area contributed by atoms with E-state index in [4.69, 9.17) is 0 Å². The molecule has 1 aliphatic heterocycles. The van der Waals surface area contributed by atoms with E-state index in [1.807, 2.05) is 0 Å². The van der Waals surface area contributed by atoms with Crippen LogP contribution in [-0.4, -0.2) is 43.6 Å². The van der Waals surface area contributed by atoms with Gasteiger partial charge in [-0.25, -0.2) is 9.59 Å². The largest absolute Gasteiger partial charge is 0.467 e. The molecule has 0 bridgehead atoms. The lowest BCUT2D eigenvalue weighted by atomic mass is 10.3. The average molecular weight is 158 g/mol. The molecule has 11 heavy (non-hydrogen) atoms. The van der Waals surface area contributed by atoms with Crippen molar-refractivity contribution in [2.24, 2.45) is 0 Å². The Hall–Kier alpha value is -1.26. The summed E-state index contributed by atoms with van der Waals surface area (Å²) in [5.41, 5.74) is 0. The van der Waals surface area contributed by atoms with Gasteiger partial charge in [0.05, 0.1) is 13.7 Å². The van der Waals surface area contributed by atoms with E-state index in [-0.39, 0.29) is 6.03 Å². The normalized spacial score (nSPS) is 23.3. The van der Waals surface area contributed by atoms with Gasteiger partial charge in [0.15, 0.2) is 0 Å². The van der Waals surface area contributed by atoms with E-state index in [9.17, 15) is 9.59 Å². The van der Waals surface area contributed by atoms with Crippen LogP contribution < -0.4 is 5.32 Å². The Labute approximate surface area is 64.3 Å². The minimum atomic E-state index is -0.502. The highest BCUT2D eigenvalue weighted by Crippen LogP contribution is 2.01. The van der Waals surface area contributed by atoms with Crippen LogP contribution in [0.5, 0.6) is 0 Å². The molecule has 1 atom stereocenters. The molecule has 0 saturated carbocycles. The summed E-state index contributed by atoms with van der Waals surface area (Å²) in [5, 5.41) is 2.47. The molecule has 1 saturated heterocycles. The average Bonchev–Trinajstić information content (AvgIpc) is 2.31. The number of ether oxygens (including phenoxy) is 1. The summed E-state index contributed by atoms with van der Waals surface area (Å²) in [4.78, 5) is 23.1. The highest BCUT2D eigenvalue weighted by atomic mass is 16.5. The maximum absolute atomic E-state index is 10.8. The molecule has 1 N–H and O–H groups in total. The third-order valence-corrected chi connectivity index (χ3v) is 1.59. The van der Waals surface area contributed by atoms with Crippen molar-refractivity contribution in [2.75, 3.05) is 20.7 Å². The molecular formula is C6H10N2O3. The molecule has 0 aromatic rings. The van der Waals surface area contributed by atoms with Crippen molar-refractivity contribution in [1.82, 2.24) is 10.2 Å². The molecule has 2 amide bonds. The first-order chi connectivity index (χ1) is 5.15. The molecule has 0 aromatic heterocycles. The summed E-state index contributed by atoms with van der Waals surface area (Å²) in [5.74, 6) is -0.400. The SMILES string of the molecule is COC(=O)C1CN(C)C(=O)N1. The molecule has 1 fully saturated rings. The maximum Gasteiger partial charge on any atom is 0.330 e. The van der Waals surface area contributed by atoms with Crippen LogP contribution in [0.25, 0.3) is 0 Å². The first kappa shape index (κ1) is 7.84. The van der Waals surface area contributed by atoms with E-state index < -0.39 is 12.0 Å². The summed E-state index contributed by atoms with van der Waals surface area (Å²) >= 11 is 0. The molecule has 1 unspecified atom stereocenters. The number of carbonyl (C=O) groups excluding carboxylic acids is 2. The van der Waals surface area contributed by atoms with Gasteiger partial charge in [-0.2, -0.15) is 0 Å². The zero-order valence-electron chi connectivity index (χ0n) is 6.46. The highest BCUT2D eigenvalue weighted by molar-refractivity contribution is 5.87. The summed E-state index contributed by atoms with van der Waals surface area (Å²) in [6, 6.07) is -0.738. The third-order valence-electron chi connectivity index (χ3n) is 1.59. The number of hydrogen-bond donors (Lipinski definition) is 1. The van der Waals surface area contributed by atoms with Crippen LogP contribution in [0.15, 0.2) is 0 Å². The zero-order chi connectivity index (χ0) is 8.43. The number of urea groups is 1. The highest BCUT2D eigenvalue weighted by Gasteiger charge is 2.31. The molecule has 62 valence electrons. The molecule has 0 radical (unpaired) electrons. The van der Waals surface area contributed by atoms with Gasteiger partial charge in [0.2, 0.25) is 0 Å². The van der Waals surface area contributed by atoms with Crippen LogP contribution in [0.3, 0.4) is 0 Å². The van der Waals surface area contributed by atoms with Gasteiger partial charge >= 0.3 is 12.0 Å². The molecule has 0 spiro atoms. The fourth-order valence-corrected chi connectivity index (χ4v) is 0.937. The monoisotopic (exact) mass is 158 g/mol. The Kier molecular flexibility index (Phi) is 1.98. The van der Waals surface area contributed by atoms with Crippen molar-refractivity contribution in [3.63, 3.8) is 0 Å². The first-order valence-electron chi connectivity index (χ1n) is 3.24. The molecule has 1 aliphatic rings. The van der Waals surface area contributed by atoms with Crippen LogP contribution in [-0.2, 0) is 9.53 Å². The second-order valence-electron chi connectivity index (χ2n) is 2.41. The van der Waals surface area contributed by atoms with E-state index in [0.29, 0.717) is 6.54 Å². The van der Waals surface area contributed by atoms with E-state index in [0.717, 1.165) is 0 Å². The van der Waals surface area contributed by atoms with Gasteiger partial charge in [0.1, 0.15) is 6.04 Å². The van der Waals surface area contributed by atoms with Gasteiger partial charge in [-0.1, -0.05) is 0 Å². The van der Waals surface area contributed by atoms with Crippen molar-refractivity contribution >= 4 is 12.0 Å². The number of esters is 1. The quantitative estimate of drug-likeness (QED) is 0.507. The minimum Gasteiger partial charge on any atom is -0.467 e. The maximum atomic E-state index is 10.8. The van der Waals surface area contributed by atoms with Crippen LogP contribution >= 0.6 is 0 Å². The van der Waals surface area contributed by atoms with E-state index in [1.54, 1.807) is 7.05 Å². The Morgan fingerprint density at radius 1 is 1.82 bits per heavy atom. The van der Waals surface area contributed by atoms with Crippen molar-refractivity contribution in [3.8, 4) is 0 Å². The second-order valence-corrected chi connectivity index (χ2v) is 2.41. The molecular weight excluding hydrogens is 148 g/mol. The summed E-state index contributed by atoms with van der Waals surface area (Å²) < 4.78 is 4.45. The molecule has 1 rings (SSSR count). The number of rotatable bonds is 1. The lowest BCUT2D eigenvalue weighted by Gasteiger charge is -2.05. The summed E-state index contributed by atoms with van der Waals surface area (Å²) in [6.07, 6.45) is 0. The van der Waals surface area contributed by atoms with Crippen molar-refractivity contribution in [3.05, 3.63) is 0 Å². The van der Waals surface area contributed by atoms with Crippen LogP contribution in [0.4, 0.5) is 4.79 Å². The number of methoxy groups -OCH3 is 1. The smallest absolute Gasteiger partial charge is 0.330 e. The summed E-state index contributed by atoms with van der Waals surface area (Å²) in [7, 11) is 2.92. The second kappa shape index (κ2) is 2.77. The van der Waals surface area contributed by atoms with Gasteiger partial charge in [-0.3, -0.25) is 0 Å². The fourth-order valence-electron chi connectivity index (χ4n) is 0.937. The van der Waals surface area contributed by atoms with Crippen molar-refractivity contribution in [1.29, 1.82) is 0 Å². The first-order valence-corrected chi connectivity index (χ1v) is 3.24. The van der Waals surface area contributed by atoms with E-state index >= 15 is 0 Å². The zero-order valence-corrected chi connectivity index (χ0v) is 6.46. The summed E-state index contributed by atoms with van der Waals surface area (Å²) in [6.45, 7) is 0.380. The minimum absolute atomic E-state index is 0.236. The Bertz CT molecular complexity index is 192. The molecule has 5 heteroatoms. The molecule has 0 aliphatic carbocycles. The Morgan fingerprint density at radius 2 is 2.45 bits per heavy atom. The van der Waals surface area contributed by atoms with E-state index in [2.05, 4.69) is 10.1 Å². The van der Waals surface area contributed by atoms with Gasteiger partial charge in [-0.05, 0) is 0 Å². The van der Waals surface area contributed by atoms with Gasteiger partial charge in [0, 0.05) is 7.05 Å². The standard InChI is InChI=1S/C6H10N2O3/c1-8-3-4(5(9)11-2)7-6(8)10/h4H,3H2,1-2H3,(H,7,10). The number of nitrogens with zero attached hydrogens (tertiary/aromatic N) is 1.